The molecule has 0 bridgehead atoms. The molecule has 7 heteroatoms. The molecule has 1 N–H and O–H groups in total. The lowest BCUT2D eigenvalue weighted by atomic mass is 10.0. The van der Waals surface area contributed by atoms with Gasteiger partial charge in [0, 0.05) is 18.8 Å². The highest BCUT2D eigenvalue weighted by atomic mass is 16.6. The Morgan fingerprint density at radius 3 is 2.82 bits per heavy atom. The fourth-order valence-corrected chi connectivity index (χ4v) is 3.73. The van der Waals surface area contributed by atoms with Crippen LogP contribution < -0.4 is 9.64 Å². The van der Waals surface area contributed by atoms with Crippen LogP contribution in [0, 0.1) is 0 Å². The zero-order chi connectivity index (χ0) is 19.1. The number of hydrogen-bond donors (Lipinski definition) is 1. The van der Waals surface area contributed by atoms with Crippen molar-refractivity contribution in [1.82, 2.24) is 9.55 Å². The number of aliphatic hydroxyl groups is 1. The summed E-state index contributed by atoms with van der Waals surface area (Å²) in [7, 11) is 0. The van der Waals surface area contributed by atoms with Crippen LogP contribution in [-0.4, -0.2) is 39.5 Å². The standard InChI is InChI=1S/C21H19N3O4/c25-17(11-14-5-2-1-3-6-14)18-12-24(21(26)28-18)16-8-4-7-15-20(16)27-13-19-22-9-10-23(15)19/h1-10,17-18,25H,11-13H2/t17?,18-/m1/s1. The third-order valence-electron chi connectivity index (χ3n) is 5.14. The van der Waals surface area contributed by atoms with Gasteiger partial charge in [-0.15, -0.1) is 0 Å². The molecular formula is C21H19N3O4. The number of fused-ring (bicyclic) bond motifs is 3. The molecule has 1 saturated heterocycles. The number of imidazole rings is 1. The van der Waals surface area contributed by atoms with E-state index in [0.717, 1.165) is 17.1 Å². The molecule has 1 aromatic heterocycles. The van der Waals surface area contributed by atoms with Crippen LogP contribution in [0.25, 0.3) is 5.69 Å². The first-order valence-electron chi connectivity index (χ1n) is 9.19. The van der Waals surface area contributed by atoms with E-state index in [9.17, 15) is 9.90 Å². The van der Waals surface area contributed by atoms with Crippen molar-refractivity contribution in [3.05, 3.63) is 72.3 Å². The number of hydrogen-bond acceptors (Lipinski definition) is 5. The van der Waals surface area contributed by atoms with E-state index in [2.05, 4.69) is 4.98 Å². The van der Waals surface area contributed by atoms with Crippen LogP contribution in [-0.2, 0) is 17.8 Å². The van der Waals surface area contributed by atoms with Gasteiger partial charge in [0.15, 0.2) is 11.6 Å². The number of benzene rings is 2. The molecule has 0 saturated carbocycles. The maximum Gasteiger partial charge on any atom is 0.414 e. The Balaban J connectivity index is 1.40. The second kappa shape index (κ2) is 6.69. The highest BCUT2D eigenvalue weighted by molar-refractivity contribution is 5.92. The molecule has 1 unspecified atom stereocenters. The summed E-state index contributed by atoms with van der Waals surface area (Å²) in [5.74, 6) is 1.42. The number of ether oxygens (including phenoxy) is 2. The van der Waals surface area contributed by atoms with Gasteiger partial charge in [0.25, 0.3) is 0 Å². The van der Waals surface area contributed by atoms with Gasteiger partial charge in [0.1, 0.15) is 12.7 Å². The first kappa shape index (κ1) is 16.8. The summed E-state index contributed by atoms with van der Waals surface area (Å²) in [6, 6.07) is 15.3. The number of cyclic esters (lactones) is 1. The van der Waals surface area contributed by atoms with Gasteiger partial charge < -0.3 is 14.6 Å². The van der Waals surface area contributed by atoms with Crippen LogP contribution in [0.4, 0.5) is 10.5 Å². The van der Waals surface area contributed by atoms with Crippen molar-refractivity contribution in [2.24, 2.45) is 0 Å². The Labute approximate surface area is 161 Å². The smallest absolute Gasteiger partial charge is 0.414 e. The number of para-hydroxylation sites is 1. The summed E-state index contributed by atoms with van der Waals surface area (Å²) in [5.41, 5.74) is 2.46. The average molecular weight is 377 g/mol. The van der Waals surface area contributed by atoms with Crippen LogP contribution in [0.2, 0.25) is 0 Å². The van der Waals surface area contributed by atoms with Gasteiger partial charge >= 0.3 is 6.09 Å². The van der Waals surface area contributed by atoms with E-state index in [1.54, 1.807) is 6.20 Å². The lowest BCUT2D eigenvalue weighted by Gasteiger charge is -2.24. The topological polar surface area (TPSA) is 76.8 Å². The molecule has 0 aliphatic carbocycles. The quantitative estimate of drug-likeness (QED) is 0.757. The number of carbonyl (C=O) groups excluding carboxylic acids is 1. The van der Waals surface area contributed by atoms with Crippen molar-refractivity contribution in [3.8, 4) is 11.4 Å². The first-order valence-corrected chi connectivity index (χ1v) is 9.19. The second-order valence-electron chi connectivity index (χ2n) is 6.92. The number of aromatic nitrogens is 2. The molecule has 28 heavy (non-hydrogen) atoms. The van der Waals surface area contributed by atoms with E-state index in [1.807, 2.05) is 59.3 Å². The van der Waals surface area contributed by atoms with Crippen LogP contribution >= 0.6 is 0 Å². The van der Waals surface area contributed by atoms with Gasteiger partial charge in [-0.05, 0) is 17.7 Å². The van der Waals surface area contributed by atoms with Gasteiger partial charge in [-0.1, -0.05) is 36.4 Å². The summed E-state index contributed by atoms with van der Waals surface area (Å²) in [5, 5.41) is 10.6. The highest BCUT2D eigenvalue weighted by Gasteiger charge is 2.39. The molecule has 0 spiro atoms. The van der Waals surface area contributed by atoms with Gasteiger partial charge in [0.05, 0.1) is 24.0 Å². The molecule has 0 radical (unpaired) electrons. The SMILES string of the molecule is O=C1O[C@@H](C(O)Cc2ccccc2)CN1c1cccc2c1OCc1nccn1-2. The fourth-order valence-electron chi connectivity index (χ4n) is 3.73. The van der Waals surface area contributed by atoms with Crippen molar-refractivity contribution < 1.29 is 19.4 Å². The predicted molar refractivity (Wildman–Crippen MR) is 102 cm³/mol. The van der Waals surface area contributed by atoms with Crippen LogP contribution in [0.15, 0.2) is 60.9 Å². The van der Waals surface area contributed by atoms with Crippen molar-refractivity contribution in [3.63, 3.8) is 0 Å². The van der Waals surface area contributed by atoms with Gasteiger partial charge in [-0.3, -0.25) is 9.47 Å². The van der Waals surface area contributed by atoms with Crippen molar-refractivity contribution in [2.45, 2.75) is 25.2 Å². The molecule has 2 aliphatic heterocycles. The normalized spacial score (nSPS) is 18.8. The summed E-state index contributed by atoms with van der Waals surface area (Å²) in [6.45, 7) is 0.601. The number of aliphatic hydroxyl groups excluding tert-OH is 1. The Kier molecular flexibility index (Phi) is 4.02. The molecule has 1 fully saturated rings. The van der Waals surface area contributed by atoms with Gasteiger partial charge in [-0.25, -0.2) is 9.78 Å². The highest BCUT2D eigenvalue weighted by Crippen LogP contribution is 2.40. The van der Waals surface area contributed by atoms with Crippen molar-refractivity contribution >= 4 is 11.8 Å². The van der Waals surface area contributed by atoms with Crippen LogP contribution in [0.3, 0.4) is 0 Å². The van der Waals surface area contributed by atoms with Crippen molar-refractivity contribution in [2.75, 3.05) is 11.4 Å². The molecule has 5 rings (SSSR count). The van der Waals surface area contributed by atoms with E-state index >= 15 is 0 Å². The molecule has 142 valence electrons. The zero-order valence-electron chi connectivity index (χ0n) is 15.1. The summed E-state index contributed by atoms with van der Waals surface area (Å²) in [4.78, 5) is 18.3. The number of carbonyl (C=O) groups is 1. The molecular weight excluding hydrogens is 358 g/mol. The van der Waals surface area contributed by atoms with Gasteiger partial charge in [-0.2, -0.15) is 0 Å². The molecule has 1 amide bonds. The monoisotopic (exact) mass is 377 g/mol. The summed E-state index contributed by atoms with van der Waals surface area (Å²) >= 11 is 0. The zero-order valence-corrected chi connectivity index (χ0v) is 15.1. The molecule has 2 aromatic carbocycles. The minimum Gasteiger partial charge on any atom is -0.481 e. The van der Waals surface area contributed by atoms with E-state index in [-0.39, 0.29) is 6.54 Å². The second-order valence-corrected chi connectivity index (χ2v) is 6.92. The van der Waals surface area contributed by atoms with Crippen molar-refractivity contribution in [1.29, 1.82) is 0 Å². The minimum absolute atomic E-state index is 0.267. The number of rotatable bonds is 4. The predicted octanol–water partition coefficient (Wildman–Crippen LogP) is 2.69. The molecule has 2 aliphatic rings. The third-order valence-corrected chi connectivity index (χ3v) is 5.14. The van der Waals surface area contributed by atoms with E-state index < -0.39 is 18.3 Å². The van der Waals surface area contributed by atoms with Crippen LogP contribution in [0.1, 0.15) is 11.4 Å². The summed E-state index contributed by atoms with van der Waals surface area (Å²) < 4.78 is 13.3. The largest absolute Gasteiger partial charge is 0.481 e. The summed E-state index contributed by atoms with van der Waals surface area (Å²) in [6.07, 6.45) is 2.16. The fraction of sp³-hybridized carbons (Fsp3) is 0.238. The Morgan fingerprint density at radius 1 is 1.14 bits per heavy atom. The number of nitrogens with zero attached hydrogens (tertiary/aromatic N) is 3. The average Bonchev–Trinajstić information content (AvgIpc) is 3.35. The minimum atomic E-state index is -0.781. The molecule has 2 atom stereocenters. The van der Waals surface area contributed by atoms with E-state index in [0.29, 0.717) is 24.5 Å². The maximum absolute atomic E-state index is 12.5. The Bertz CT molecular complexity index is 1020. The van der Waals surface area contributed by atoms with Gasteiger partial charge in [0.2, 0.25) is 0 Å². The number of anilines is 1. The first-order chi connectivity index (χ1) is 13.7. The molecule has 3 aromatic rings. The van der Waals surface area contributed by atoms with Crippen LogP contribution in [0.5, 0.6) is 5.75 Å². The van der Waals surface area contributed by atoms with E-state index in [4.69, 9.17) is 9.47 Å². The Hall–Kier alpha value is -3.32. The molecule has 3 heterocycles. The Morgan fingerprint density at radius 2 is 1.96 bits per heavy atom. The van der Waals surface area contributed by atoms with E-state index in [1.165, 1.54) is 4.90 Å². The number of amides is 1. The molecule has 7 nitrogen and oxygen atoms in total. The lowest BCUT2D eigenvalue weighted by Crippen LogP contribution is -2.33. The maximum atomic E-state index is 12.5. The third kappa shape index (κ3) is 2.80. The lowest BCUT2D eigenvalue weighted by molar-refractivity contribution is 0.0331.